The molecule has 0 bridgehead atoms. The van der Waals surface area contributed by atoms with Gasteiger partial charge >= 0.3 is 7.43 Å². The summed E-state index contributed by atoms with van der Waals surface area (Å²) in [5, 5.41) is 39.2. The van der Waals surface area contributed by atoms with Gasteiger partial charge < -0.3 is 51.1 Å². The normalized spacial score (nSPS) is 10.2. The molecular weight excluding hydrogens is 336 g/mol. The number of hydrogen-bond donors (Lipinski definition) is 2. The van der Waals surface area contributed by atoms with E-state index in [1.165, 1.54) is 0 Å². The quantitative estimate of drug-likeness (QED) is 0.393. The minimum Gasteiger partial charge on any atom is -0.550 e. The van der Waals surface area contributed by atoms with Gasteiger partial charge in [-0.25, -0.2) is 0 Å². The summed E-state index contributed by atoms with van der Waals surface area (Å²) in [6.45, 7) is 0. The average molecular weight is 354 g/mol. The third-order valence-electron chi connectivity index (χ3n) is 1.92. The smallest absolute Gasteiger partial charge is 0.550 e. The number of nitrogens with two attached hydrogens (primary N) is 2. The maximum absolute atomic E-state index is 9.86. The van der Waals surface area contributed by atoms with E-state index in [2.05, 4.69) is 25.7 Å². The summed E-state index contributed by atoms with van der Waals surface area (Å²) >= 11 is 0. The van der Waals surface area contributed by atoms with Gasteiger partial charge in [0.2, 0.25) is 0 Å². The fraction of sp³-hybridized carbons (Fsp3) is 0.400. The zero-order chi connectivity index (χ0) is 20.3. The van der Waals surface area contributed by atoms with Crippen molar-refractivity contribution in [3.8, 4) is 25.7 Å². The molecule has 0 fully saturated rings. The number of terminal acetylenes is 2. The second kappa shape index (κ2) is 23.2. The van der Waals surface area contributed by atoms with E-state index >= 15 is 0 Å². The molecule has 0 saturated heterocycles. The van der Waals surface area contributed by atoms with Crippen LogP contribution >= 0.6 is 0 Å². The summed E-state index contributed by atoms with van der Waals surface area (Å²) in [7, 11) is 0. The van der Waals surface area contributed by atoms with Gasteiger partial charge in [0.15, 0.2) is 0 Å². The van der Waals surface area contributed by atoms with Crippen molar-refractivity contribution in [2.45, 2.75) is 37.8 Å². The van der Waals surface area contributed by atoms with Gasteiger partial charge in [-0.3, -0.25) is 0 Å². The van der Waals surface area contributed by atoms with Crippen molar-refractivity contribution in [3.05, 3.63) is 7.43 Å². The minimum absolute atomic E-state index is 0. The Balaban J connectivity index is -0.0000000858. The molecule has 0 radical (unpaired) electrons. The van der Waals surface area contributed by atoms with Crippen molar-refractivity contribution in [1.82, 2.24) is 0 Å². The van der Waals surface area contributed by atoms with Crippen LogP contribution in [0, 0.1) is 33.1 Å². The first kappa shape index (κ1) is 33.5. The van der Waals surface area contributed by atoms with Crippen LogP contribution in [0.2, 0.25) is 0 Å². The summed E-state index contributed by atoms with van der Waals surface area (Å²) in [6, 6.07) is -2.42. The second-order valence-corrected chi connectivity index (χ2v) is 3.67. The van der Waals surface area contributed by atoms with Gasteiger partial charge in [-0.15, -0.1) is 25.7 Å². The van der Waals surface area contributed by atoms with Crippen LogP contribution in [0.25, 0.3) is 0 Å². The molecule has 0 amide bonds. The Bertz CT molecular complexity index is 392. The Kier molecular flexibility index (Phi) is 31.1. The summed E-state index contributed by atoms with van der Waals surface area (Å²) in [4.78, 5) is 39.2. The maximum Gasteiger partial charge on any atom is 4.00 e. The third-order valence-corrected chi connectivity index (χ3v) is 1.92. The van der Waals surface area contributed by atoms with Crippen LogP contribution in [0.5, 0.6) is 0 Å². The predicted octanol–water partition coefficient (Wildman–Crippen LogP) is -6.23. The van der Waals surface area contributed by atoms with Crippen LogP contribution in [-0.2, 0) is 19.2 Å². The van der Waals surface area contributed by atoms with Gasteiger partial charge in [-0.1, -0.05) is 0 Å². The molecule has 0 aliphatic carbocycles. The molecule has 10 heteroatoms. The van der Waals surface area contributed by atoms with E-state index in [4.69, 9.17) is 11.5 Å². The Labute approximate surface area is 146 Å². The molecule has 0 saturated carbocycles. The molecule has 25 heavy (non-hydrogen) atoms. The number of hydrogen-bond acceptors (Lipinski definition) is 10. The molecule has 2 unspecified atom stereocenters. The first-order valence-corrected chi connectivity index (χ1v) is 6.07. The van der Waals surface area contributed by atoms with E-state index in [1.54, 1.807) is 0 Å². The minimum atomic E-state index is -1.44. The van der Waals surface area contributed by atoms with Crippen molar-refractivity contribution in [2.75, 3.05) is 0 Å². The molecule has 0 heterocycles. The number of carbonyl (C=O) groups excluding carboxylic acids is 4. The van der Waals surface area contributed by atoms with Crippen molar-refractivity contribution in [3.63, 3.8) is 0 Å². The fourth-order valence-corrected chi connectivity index (χ4v) is 0.782. The van der Waals surface area contributed by atoms with Gasteiger partial charge in [-0.05, 0) is 25.7 Å². The summed E-state index contributed by atoms with van der Waals surface area (Å²) < 4.78 is 0. The Morgan fingerprint density at radius 2 is 0.880 bits per heavy atom. The van der Waals surface area contributed by atoms with Crippen LogP contribution in [0.15, 0.2) is 0 Å². The molecule has 0 aromatic heterocycles. The summed E-state index contributed by atoms with van der Waals surface area (Å²) in [5.74, 6) is -5.50. The fourth-order valence-electron chi connectivity index (χ4n) is 0.782. The number of carboxylic acid groups (broad SMARTS) is 4. The topological polar surface area (TPSA) is 213 Å². The van der Waals surface area contributed by atoms with Crippen LogP contribution in [0.1, 0.15) is 25.7 Å². The summed E-state index contributed by atoms with van der Waals surface area (Å²) in [6.07, 6.45) is 15.0. The molecule has 10 nitrogen and oxygen atoms in total. The average Bonchev–Trinajstić information content (AvgIpc) is 2.54. The monoisotopic (exact) mass is 354 g/mol. The van der Waals surface area contributed by atoms with Gasteiger partial charge in [0, 0.05) is 24.0 Å². The largest absolute Gasteiger partial charge is 4.00 e. The molecule has 0 aromatic rings. The molecule has 0 spiro atoms. The number of rotatable bonds is 8. The van der Waals surface area contributed by atoms with Crippen LogP contribution in [0.4, 0.5) is 0 Å². The molecule has 4 N–H and O–H groups in total. The van der Waals surface area contributed by atoms with E-state index < -0.39 is 36.0 Å². The van der Waals surface area contributed by atoms with E-state index in [9.17, 15) is 39.6 Å². The van der Waals surface area contributed by atoms with E-state index in [0.717, 1.165) is 0 Å². The molecule has 0 rings (SSSR count). The molecule has 0 aliphatic rings. The number of carbonyl (C=O) groups is 4. The zero-order valence-corrected chi connectivity index (χ0v) is 13.2. The Morgan fingerprint density at radius 3 is 1.00 bits per heavy atom. The first-order chi connectivity index (χ1) is 11.1. The zero-order valence-electron chi connectivity index (χ0n) is 13.2. The summed E-state index contributed by atoms with van der Waals surface area (Å²) in [5.41, 5.74) is 9.82. The van der Waals surface area contributed by atoms with Crippen molar-refractivity contribution in [1.29, 1.82) is 0 Å². The van der Waals surface area contributed by atoms with E-state index in [1.807, 2.05) is 0 Å². The molecule has 0 aromatic carbocycles. The predicted molar refractivity (Wildman–Crippen MR) is 77.5 cm³/mol. The van der Waals surface area contributed by atoms with Crippen molar-refractivity contribution >= 4 is 23.9 Å². The molecule has 0 aliphatic heterocycles. The van der Waals surface area contributed by atoms with Crippen LogP contribution < -0.4 is 31.9 Å². The Hall–Kier alpha value is -3.08. The van der Waals surface area contributed by atoms with Gasteiger partial charge in [0.1, 0.15) is 0 Å². The number of carboxylic acids is 4. The van der Waals surface area contributed by atoms with E-state index in [-0.39, 0.29) is 33.1 Å². The molecule has 2 atom stereocenters. The maximum atomic E-state index is 9.86. The van der Waals surface area contributed by atoms with Gasteiger partial charge in [0.05, 0.1) is 11.9 Å². The van der Waals surface area contributed by atoms with Crippen LogP contribution in [0.3, 0.4) is 0 Å². The van der Waals surface area contributed by atoms with E-state index in [0.29, 0.717) is 0 Å². The standard InChI is InChI=1S/2C5H9NO4.2C2H2.C/c2*6-3(5(9)10)1-2-4(7)8;2*1-2;/h2*3H,1-2,6H2,(H,7,8)(H,9,10);2*1-2H;/q;;;;+4/p-4. The van der Waals surface area contributed by atoms with Crippen molar-refractivity contribution in [2.24, 2.45) is 11.5 Å². The molecular formula is C15H18N2O8. The second-order valence-electron chi connectivity index (χ2n) is 3.67. The van der Waals surface area contributed by atoms with Gasteiger partial charge in [-0.2, -0.15) is 0 Å². The number of aliphatic carboxylic acids is 4. The SMILES string of the molecule is C#C.C#C.NC(CCC(=O)[O-])C(=O)[O-].NC(CCC(=O)[O-])C(=O)[O-].[C+4]. The molecule has 136 valence electrons. The Morgan fingerprint density at radius 1 is 0.680 bits per heavy atom. The third kappa shape index (κ3) is 33.6. The van der Waals surface area contributed by atoms with Crippen molar-refractivity contribution < 1.29 is 39.6 Å². The van der Waals surface area contributed by atoms with Crippen LogP contribution in [-0.4, -0.2) is 36.0 Å². The van der Waals surface area contributed by atoms with Gasteiger partial charge in [0.25, 0.3) is 0 Å². The first-order valence-electron chi connectivity index (χ1n) is 6.07.